The Kier molecular flexibility index (Phi) is 8.41. The summed E-state index contributed by atoms with van der Waals surface area (Å²) < 4.78 is 5.79. The summed E-state index contributed by atoms with van der Waals surface area (Å²) in [7, 11) is 0. The Labute approximate surface area is 202 Å². The maximum atomic E-state index is 13.2. The molecule has 3 rings (SSSR count). The average Bonchev–Trinajstić information content (AvgIpc) is 3.29. The van der Waals surface area contributed by atoms with Gasteiger partial charge >= 0.3 is 0 Å². The van der Waals surface area contributed by atoms with Gasteiger partial charge in [0.2, 0.25) is 5.91 Å². The SMILES string of the molecule is CC(C(=O)NC1CCCC1)N(Cc1ccc(Cl)cc1)C(=O)COc1ccc(C(C)(C)C)cc1. The molecule has 5 nitrogen and oxygen atoms in total. The lowest BCUT2D eigenvalue weighted by molar-refractivity contribution is -0.142. The predicted molar refractivity (Wildman–Crippen MR) is 132 cm³/mol. The number of benzene rings is 2. The number of carbonyl (C=O) groups excluding carboxylic acids is 2. The zero-order valence-electron chi connectivity index (χ0n) is 20.1. The van der Waals surface area contributed by atoms with Crippen molar-refractivity contribution in [2.45, 2.75) is 77.4 Å². The van der Waals surface area contributed by atoms with Gasteiger partial charge in [-0.05, 0) is 60.6 Å². The van der Waals surface area contributed by atoms with E-state index in [0.29, 0.717) is 17.3 Å². The van der Waals surface area contributed by atoms with Crippen molar-refractivity contribution in [2.75, 3.05) is 6.61 Å². The highest BCUT2D eigenvalue weighted by atomic mass is 35.5. The Balaban J connectivity index is 1.69. The van der Waals surface area contributed by atoms with E-state index in [4.69, 9.17) is 16.3 Å². The molecule has 0 radical (unpaired) electrons. The molecule has 1 saturated carbocycles. The van der Waals surface area contributed by atoms with Crippen LogP contribution in [-0.2, 0) is 21.5 Å². The summed E-state index contributed by atoms with van der Waals surface area (Å²) in [5, 5.41) is 3.74. The Morgan fingerprint density at radius 3 is 2.24 bits per heavy atom. The molecule has 1 aliphatic carbocycles. The molecular weight excluding hydrogens is 436 g/mol. The second-order valence-corrected chi connectivity index (χ2v) is 10.3. The molecule has 6 heteroatoms. The summed E-state index contributed by atoms with van der Waals surface area (Å²) in [5.41, 5.74) is 2.15. The molecule has 0 saturated heterocycles. The van der Waals surface area contributed by atoms with E-state index in [2.05, 4.69) is 26.1 Å². The lowest BCUT2D eigenvalue weighted by atomic mass is 9.87. The monoisotopic (exact) mass is 470 g/mol. The molecule has 1 unspecified atom stereocenters. The first kappa shape index (κ1) is 25.1. The highest BCUT2D eigenvalue weighted by Gasteiger charge is 2.28. The Bertz CT molecular complexity index is 929. The first-order chi connectivity index (χ1) is 15.6. The van der Waals surface area contributed by atoms with Gasteiger partial charge in [0.05, 0.1) is 0 Å². The summed E-state index contributed by atoms with van der Waals surface area (Å²) in [6.45, 7) is 8.40. The molecule has 1 fully saturated rings. The van der Waals surface area contributed by atoms with Crippen molar-refractivity contribution in [3.63, 3.8) is 0 Å². The van der Waals surface area contributed by atoms with E-state index in [9.17, 15) is 9.59 Å². The van der Waals surface area contributed by atoms with Gasteiger partial charge in [-0.1, -0.05) is 69.5 Å². The molecule has 0 aliphatic heterocycles. The van der Waals surface area contributed by atoms with Crippen molar-refractivity contribution in [2.24, 2.45) is 0 Å². The Hall–Kier alpha value is -2.53. The largest absolute Gasteiger partial charge is 0.484 e. The van der Waals surface area contributed by atoms with Crippen LogP contribution in [0, 0.1) is 0 Å². The van der Waals surface area contributed by atoms with Gasteiger partial charge in [0.1, 0.15) is 11.8 Å². The van der Waals surface area contributed by atoms with Crippen LogP contribution in [0.3, 0.4) is 0 Å². The summed E-state index contributed by atoms with van der Waals surface area (Å²) in [6.07, 6.45) is 4.26. The van der Waals surface area contributed by atoms with Crippen molar-refractivity contribution in [1.82, 2.24) is 10.2 Å². The number of carbonyl (C=O) groups is 2. The molecule has 1 N–H and O–H groups in total. The molecule has 178 valence electrons. The van der Waals surface area contributed by atoms with E-state index in [1.807, 2.05) is 36.4 Å². The van der Waals surface area contributed by atoms with Crippen LogP contribution in [0.15, 0.2) is 48.5 Å². The zero-order valence-corrected chi connectivity index (χ0v) is 20.8. The van der Waals surface area contributed by atoms with Crippen LogP contribution >= 0.6 is 11.6 Å². The average molecular weight is 471 g/mol. The normalized spacial score (nSPS) is 15.2. The zero-order chi connectivity index (χ0) is 24.0. The fourth-order valence-corrected chi connectivity index (χ4v) is 4.17. The number of nitrogens with one attached hydrogen (secondary N) is 1. The molecule has 0 spiro atoms. The molecule has 2 amide bonds. The quantitative estimate of drug-likeness (QED) is 0.554. The molecule has 33 heavy (non-hydrogen) atoms. The Morgan fingerprint density at radius 2 is 1.67 bits per heavy atom. The molecule has 1 aliphatic rings. The second kappa shape index (κ2) is 11.1. The maximum absolute atomic E-state index is 13.2. The number of hydrogen-bond donors (Lipinski definition) is 1. The predicted octanol–water partition coefficient (Wildman–Crippen LogP) is 5.49. The smallest absolute Gasteiger partial charge is 0.261 e. The van der Waals surface area contributed by atoms with Crippen LogP contribution in [-0.4, -0.2) is 35.4 Å². The number of amides is 2. The van der Waals surface area contributed by atoms with Gasteiger partial charge in [-0.3, -0.25) is 9.59 Å². The van der Waals surface area contributed by atoms with Gasteiger partial charge < -0.3 is 15.0 Å². The van der Waals surface area contributed by atoms with E-state index in [1.165, 1.54) is 5.56 Å². The number of halogens is 1. The van der Waals surface area contributed by atoms with Gasteiger partial charge in [-0.2, -0.15) is 0 Å². The Morgan fingerprint density at radius 1 is 1.06 bits per heavy atom. The van der Waals surface area contributed by atoms with E-state index >= 15 is 0 Å². The summed E-state index contributed by atoms with van der Waals surface area (Å²) in [6, 6.07) is 14.7. The lowest BCUT2D eigenvalue weighted by Gasteiger charge is -2.29. The maximum Gasteiger partial charge on any atom is 0.261 e. The fourth-order valence-electron chi connectivity index (χ4n) is 4.04. The van der Waals surface area contributed by atoms with E-state index < -0.39 is 6.04 Å². The van der Waals surface area contributed by atoms with Crippen molar-refractivity contribution >= 4 is 23.4 Å². The highest BCUT2D eigenvalue weighted by molar-refractivity contribution is 6.30. The molecule has 0 heterocycles. The fraction of sp³-hybridized carbons (Fsp3) is 0.481. The van der Waals surface area contributed by atoms with Crippen LogP contribution in [0.2, 0.25) is 5.02 Å². The first-order valence-electron chi connectivity index (χ1n) is 11.7. The lowest BCUT2D eigenvalue weighted by Crippen LogP contribution is -2.50. The van der Waals surface area contributed by atoms with Crippen LogP contribution < -0.4 is 10.1 Å². The molecular formula is C27H35ClN2O3. The molecule has 0 bridgehead atoms. The molecule has 2 aromatic carbocycles. The van der Waals surface area contributed by atoms with Gasteiger partial charge in [-0.15, -0.1) is 0 Å². The van der Waals surface area contributed by atoms with Crippen molar-refractivity contribution in [3.8, 4) is 5.75 Å². The van der Waals surface area contributed by atoms with Gasteiger partial charge in [0.15, 0.2) is 6.61 Å². The molecule has 1 atom stereocenters. The highest BCUT2D eigenvalue weighted by Crippen LogP contribution is 2.24. The second-order valence-electron chi connectivity index (χ2n) is 9.88. The topological polar surface area (TPSA) is 58.6 Å². The van der Waals surface area contributed by atoms with E-state index in [1.54, 1.807) is 24.0 Å². The number of hydrogen-bond acceptors (Lipinski definition) is 3. The molecule has 2 aromatic rings. The minimum Gasteiger partial charge on any atom is -0.484 e. The number of ether oxygens (including phenoxy) is 1. The van der Waals surface area contributed by atoms with Gasteiger partial charge in [0.25, 0.3) is 5.91 Å². The minimum atomic E-state index is -0.611. The summed E-state index contributed by atoms with van der Waals surface area (Å²) in [5.74, 6) is 0.267. The van der Waals surface area contributed by atoms with Crippen molar-refractivity contribution in [1.29, 1.82) is 0 Å². The minimum absolute atomic E-state index is 0.0475. The third-order valence-electron chi connectivity index (χ3n) is 6.22. The van der Waals surface area contributed by atoms with Gasteiger partial charge in [0, 0.05) is 17.6 Å². The number of nitrogens with zero attached hydrogens (tertiary/aromatic N) is 1. The number of rotatable bonds is 8. The standard InChI is InChI=1S/C27H35ClN2O3/c1-19(26(32)29-23-7-5-6-8-23)30(17-20-9-13-22(28)14-10-20)25(31)18-33-24-15-11-21(12-16-24)27(2,3)4/h9-16,19,23H,5-8,17-18H2,1-4H3,(H,29,32). The summed E-state index contributed by atoms with van der Waals surface area (Å²) >= 11 is 6.01. The van der Waals surface area contributed by atoms with Crippen LogP contribution in [0.25, 0.3) is 0 Å². The first-order valence-corrected chi connectivity index (χ1v) is 12.1. The third kappa shape index (κ3) is 7.23. The summed E-state index contributed by atoms with van der Waals surface area (Å²) in [4.78, 5) is 27.7. The van der Waals surface area contributed by atoms with E-state index in [-0.39, 0.29) is 29.9 Å². The van der Waals surface area contributed by atoms with Crippen molar-refractivity contribution in [3.05, 3.63) is 64.7 Å². The molecule has 0 aromatic heterocycles. The third-order valence-corrected chi connectivity index (χ3v) is 6.47. The van der Waals surface area contributed by atoms with E-state index in [0.717, 1.165) is 31.2 Å². The van der Waals surface area contributed by atoms with Gasteiger partial charge in [-0.25, -0.2) is 0 Å². The van der Waals surface area contributed by atoms with Crippen molar-refractivity contribution < 1.29 is 14.3 Å². The van der Waals surface area contributed by atoms with Crippen LogP contribution in [0.4, 0.5) is 0 Å². The van der Waals surface area contributed by atoms with Crippen LogP contribution in [0.5, 0.6) is 5.75 Å². The van der Waals surface area contributed by atoms with Crippen LogP contribution in [0.1, 0.15) is 64.5 Å².